The van der Waals surface area contributed by atoms with E-state index in [0.29, 0.717) is 0 Å². The van der Waals surface area contributed by atoms with Crippen molar-refractivity contribution in [2.45, 2.75) is 13.1 Å². The predicted octanol–water partition coefficient (Wildman–Crippen LogP) is 0.227. The molecule has 0 atom stereocenters. The Hall–Kier alpha value is -0.960. The molecule has 1 N–H and O–H groups in total. The van der Waals surface area contributed by atoms with E-state index in [0.717, 1.165) is 29.4 Å². The molecular formula is C12H12Cl2NO-. The number of hydrogen-bond donors (Lipinski definition) is 1. The van der Waals surface area contributed by atoms with Gasteiger partial charge in [0.1, 0.15) is 5.76 Å². The summed E-state index contributed by atoms with van der Waals surface area (Å²) in [7, 11) is 0. The van der Waals surface area contributed by atoms with Crippen LogP contribution in [0.3, 0.4) is 0 Å². The summed E-state index contributed by atoms with van der Waals surface area (Å²) in [6, 6.07) is 11.6. The maximum absolute atomic E-state index is 6.02. The Kier molecular flexibility index (Phi) is 5.39. The minimum absolute atomic E-state index is 0. The molecular weight excluding hydrogens is 245 g/mol. The Morgan fingerprint density at radius 1 is 1.06 bits per heavy atom. The number of rotatable bonds is 4. The molecule has 2 rings (SSSR count). The fraction of sp³-hybridized carbons (Fsp3) is 0.167. The third-order valence-corrected chi connectivity index (χ3v) is 2.52. The van der Waals surface area contributed by atoms with E-state index in [1.54, 1.807) is 6.26 Å². The second-order valence-electron chi connectivity index (χ2n) is 3.27. The lowest BCUT2D eigenvalue weighted by molar-refractivity contribution is -0.00000348. The van der Waals surface area contributed by atoms with Crippen molar-refractivity contribution >= 4 is 11.6 Å². The summed E-state index contributed by atoms with van der Waals surface area (Å²) in [4.78, 5) is 0. The summed E-state index contributed by atoms with van der Waals surface area (Å²) in [5, 5.41) is 4.06. The van der Waals surface area contributed by atoms with Crippen LogP contribution in [0, 0.1) is 0 Å². The molecule has 0 saturated carbocycles. The number of benzene rings is 1. The van der Waals surface area contributed by atoms with Gasteiger partial charge in [0, 0.05) is 11.6 Å². The number of halogens is 2. The van der Waals surface area contributed by atoms with Crippen molar-refractivity contribution in [1.82, 2.24) is 5.32 Å². The first kappa shape index (κ1) is 13.1. The van der Waals surface area contributed by atoms with Crippen molar-refractivity contribution in [1.29, 1.82) is 0 Å². The molecule has 1 aromatic carbocycles. The van der Waals surface area contributed by atoms with Gasteiger partial charge in [0.05, 0.1) is 12.8 Å². The van der Waals surface area contributed by atoms with Crippen molar-refractivity contribution in [2.75, 3.05) is 0 Å². The smallest absolute Gasteiger partial charge is 0.117 e. The van der Waals surface area contributed by atoms with Gasteiger partial charge in [-0.3, -0.25) is 0 Å². The molecule has 2 aromatic rings. The lowest BCUT2D eigenvalue weighted by Crippen LogP contribution is -3.00. The highest BCUT2D eigenvalue weighted by Gasteiger charge is 1.99. The minimum Gasteiger partial charge on any atom is -1.00 e. The summed E-state index contributed by atoms with van der Waals surface area (Å²) < 4.78 is 5.21. The monoisotopic (exact) mass is 256 g/mol. The number of hydrogen-bond acceptors (Lipinski definition) is 2. The second-order valence-corrected chi connectivity index (χ2v) is 3.68. The second kappa shape index (κ2) is 6.59. The maximum Gasteiger partial charge on any atom is 0.117 e. The van der Waals surface area contributed by atoms with Gasteiger partial charge in [-0.05, 0) is 23.8 Å². The first-order chi connectivity index (χ1) is 7.36. The molecule has 0 fully saturated rings. The van der Waals surface area contributed by atoms with Gasteiger partial charge in [0.15, 0.2) is 0 Å². The molecule has 16 heavy (non-hydrogen) atoms. The lowest BCUT2D eigenvalue weighted by Gasteiger charge is -2.04. The molecule has 1 aromatic heterocycles. The van der Waals surface area contributed by atoms with Crippen molar-refractivity contribution < 1.29 is 16.8 Å². The maximum atomic E-state index is 6.02. The van der Waals surface area contributed by atoms with E-state index >= 15 is 0 Å². The molecule has 0 aliphatic heterocycles. The Morgan fingerprint density at radius 3 is 2.56 bits per heavy atom. The first-order valence-corrected chi connectivity index (χ1v) is 5.20. The van der Waals surface area contributed by atoms with Crippen molar-refractivity contribution in [3.63, 3.8) is 0 Å². The van der Waals surface area contributed by atoms with Gasteiger partial charge in [-0.1, -0.05) is 29.8 Å². The molecule has 0 amide bonds. The van der Waals surface area contributed by atoms with Crippen molar-refractivity contribution in [2.24, 2.45) is 0 Å². The van der Waals surface area contributed by atoms with Gasteiger partial charge in [0.2, 0.25) is 0 Å². The largest absolute Gasteiger partial charge is 1.00 e. The molecule has 0 saturated heterocycles. The van der Waals surface area contributed by atoms with Gasteiger partial charge in [-0.15, -0.1) is 0 Å². The molecule has 0 aliphatic rings. The zero-order valence-corrected chi connectivity index (χ0v) is 10.1. The van der Waals surface area contributed by atoms with Crippen LogP contribution in [0.2, 0.25) is 5.02 Å². The van der Waals surface area contributed by atoms with Crippen molar-refractivity contribution in [3.8, 4) is 0 Å². The normalized spacial score (nSPS) is 9.81. The van der Waals surface area contributed by atoms with Crippen LogP contribution in [-0.2, 0) is 13.1 Å². The molecule has 0 spiro atoms. The fourth-order valence-electron chi connectivity index (χ4n) is 1.38. The topological polar surface area (TPSA) is 25.2 Å². The lowest BCUT2D eigenvalue weighted by atomic mass is 10.2. The van der Waals surface area contributed by atoms with E-state index in [1.165, 1.54) is 0 Å². The number of nitrogens with one attached hydrogen (secondary N) is 1. The predicted molar refractivity (Wildman–Crippen MR) is 60.7 cm³/mol. The minimum atomic E-state index is 0. The van der Waals surface area contributed by atoms with E-state index in [4.69, 9.17) is 16.0 Å². The van der Waals surface area contributed by atoms with E-state index in [1.807, 2.05) is 36.4 Å². The molecule has 0 bridgehead atoms. The summed E-state index contributed by atoms with van der Waals surface area (Å²) >= 11 is 6.02. The molecule has 86 valence electrons. The fourth-order valence-corrected chi connectivity index (χ4v) is 1.58. The van der Waals surface area contributed by atoms with Crippen LogP contribution in [0.5, 0.6) is 0 Å². The summed E-state index contributed by atoms with van der Waals surface area (Å²) in [6.45, 7) is 1.47. The number of furan rings is 1. The zero-order valence-electron chi connectivity index (χ0n) is 8.62. The molecule has 1 heterocycles. The highest BCUT2D eigenvalue weighted by molar-refractivity contribution is 6.31. The van der Waals surface area contributed by atoms with Crippen LogP contribution >= 0.6 is 11.6 Å². The SMILES string of the molecule is Clc1ccccc1CNCc1ccco1.[Cl-]. The Bertz CT molecular complexity index is 415. The van der Waals surface area contributed by atoms with Gasteiger partial charge < -0.3 is 22.1 Å². The third-order valence-electron chi connectivity index (χ3n) is 2.15. The highest BCUT2D eigenvalue weighted by atomic mass is 35.5. The molecule has 0 unspecified atom stereocenters. The van der Waals surface area contributed by atoms with Crippen LogP contribution < -0.4 is 17.7 Å². The van der Waals surface area contributed by atoms with Gasteiger partial charge in [-0.2, -0.15) is 0 Å². The highest BCUT2D eigenvalue weighted by Crippen LogP contribution is 2.14. The zero-order chi connectivity index (χ0) is 10.5. The van der Waals surface area contributed by atoms with Crippen LogP contribution in [0.4, 0.5) is 0 Å². The van der Waals surface area contributed by atoms with E-state index in [9.17, 15) is 0 Å². The standard InChI is InChI=1S/C12H12ClNO.ClH/c13-12-6-2-1-4-10(12)8-14-9-11-5-3-7-15-11;/h1-7,14H,8-9H2;1H/p-1. The molecule has 0 radical (unpaired) electrons. The van der Waals surface area contributed by atoms with Gasteiger partial charge in [-0.25, -0.2) is 0 Å². The van der Waals surface area contributed by atoms with E-state index < -0.39 is 0 Å². The van der Waals surface area contributed by atoms with Crippen molar-refractivity contribution in [3.05, 3.63) is 59.0 Å². The molecule has 4 heteroatoms. The Balaban J connectivity index is 0.00000128. The van der Waals surface area contributed by atoms with Crippen LogP contribution in [0.15, 0.2) is 47.1 Å². The van der Waals surface area contributed by atoms with E-state index in [2.05, 4.69) is 5.32 Å². The van der Waals surface area contributed by atoms with E-state index in [-0.39, 0.29) is 12.4 Å². The Labute approximate surface area is 106 Å². The van der Waals surface area contributed by atoms with Gasteiger partial charge >= 0.3 is 0 Å². The quantitative estimate of drug-likeness (QED) is 0.848. The summed E-state index contributed by atoms with van der Waals surface area (Å²) in [5.41, 5.74) is 1.10. The third kappa shape index (κ3) is 3.56. The van der Waals surface area contributed by atoms with Crippen LogP contribution in [0.25, 0.3) is 0 Å². The van der Waals surface area contributed by atoms with Crippen LogP contribution in [-0.4, -0.2) is 0 Å². The van der Waals surface area contributed by atoms with Gasteiger partial charge in [0.25, 0.3) is 0 Å². The Morgan fingerprint density at radius 2 is 1.88 bits per heavy atom. The summed E-state index contributed by atoms with van der Waals surface area (Å²) in [6.07, 6.45) is 1.67. The molecule has 0 aliphatic carbocycles. The summed E-state index contributed by atoms with van der Waals surface area (Å²) in [5.74, 6) is 0.932. The van der Waals surface area contributed by atoms with Crippen LogP contribution in [0.1, 0.15) is 11.3 Å². The average molecular weight is 257 g/mol. The molecule has 2 nitrogen and oxygen atoms in total. The average Bonchev–Trinajstić information content (AvgIpc) is 2.74. The first-order valence-electron chi connectivity index (χ1n) is 4.83.